The van der Waals surface area contributed by atoms with E-state index in [0.717, 1.165) is 10.6 Å². The average molecular weight is 184 g/mol. The third kappa shape index (κ3) is 1.78. The van der Waals surface area contributed by atoms with Gasteiger partial charge in [-0.15, -0.1) is 0 Å². The zero-order valence-corrected chi connectivity index (χ0v) is 8.74. The molecule has 0 aliphatic rings. The Kier molecular flexibility index (Phi) is 2.43. The van der Waals surface area contributed by atoms with Crippen molar-refractivity contribution in [3.63, 3.8) is 0 Å². The minimum atomic E-state index is 0.101. The summed E-state index contributed by atoms with van der Waals surface area (Å²) in [6.45, 7) is 8.50. The topological polar surface area (TPSA) is 12.9 Å². The van der Waals surface area contributed by atoms with Crippen LogP contribution in [0.25, 0.3) is 0 Å². The van der Waals surface area contributed by atoms with Gasteiger partial charge in [-0.25, -0.2) is 0 Å². The summed E-state index contributed by atoms with van der Waals surface area (Å²) in [5.41, 5.74) is 2.46. The molecule has 0 amide bonds. The van der Waals surface area contributed by atoms with E-state index >= 15 is 0 Å². The van der Waals surface area contributed by atoms with Crippen molar-refractivity contribution < 1.29 is 0 Å². The molecule has 1 aromatic heterocycles. The predicted molar refractivity (Wildman–Crippen MR) is 52.7 cm³/mol. The Morgan fingerprint density at radius 2 is 1.83 bits per heavy atom. The van der Waals surface area contributed by atoms with Crippen molar-refractivity contribution in [3.05, 3.63) is 28.5 Å². The van der Waals surface area contributed by atoms with Crippen molar-refractivity contribution in [1.82, 2.24) is 4.98 Å². The van der Waals surface area contributed by atoms with E-state index in [-0.39, 0.29) is 5.41 Å². The van der Waals surface area contributed by atoms with Crippen molar-refractivity contribution in [3.8, 4) is 0 Å². The summed E-state index contributed by atoms with van der Waals surface area (Å²) in [6.07, 6.45) is 3.56. The summed E-state index contributed by atoms with van der Waals surface area (Å²) in [5, 5.41) is 0.766. The molecule has 1 aromatic rings. The van der Waals surface area contributed by atoms with E-state index in [1.165, 1.54) is 5.56 Å². The Labute approximate surface area is 78.8 Å². The number of hydrogen-bond donors (Lipinski definition) is 0. The van der Waals surface area contributed by atoms with Gasteiger partial charge in [0.25, 0.3) is 0 Å². The number of aromatic nitrogens is 1. The summed E-state index contributed by atoms with van der Waals surface area (Å²) in [4.78, 5) is 4.03. The lowest BCUT2D eigenvalue weighted by Crippen LogP contribution is -2.14. The number of hydrogen-bond acceptors (Lipinski definition) is 1. The standard InChI is InChI=1S/C10H14ClN/c1-7-5-12-6-8(11)9(7)10(2,3)4/h5-6H,1-4H3. The van der Waals surface area contributed by atoms with Crippen LogP contribution in [0, 0.1) is 6.92 Å². The number of aryl methyl sites for hydroxylation is 1. The van der Waals surface area contributed by atoms with Crippen LogP contribution in [0.2, 0.25) is 5.02 Å². The van der Waals surface area contributed by atoms with E-state index in [9.17, 15) is 0 Å². The molecule has 1 heterocycles. The number of pyridine rings is 1. The second-order valence-corrected chi connectivity index (χ2v) is 4.47. The second-order valence-electron chi connectivity index (χ2n) is 4.06. The quantitative estimate of drug-likeness (QED) is 0.601. The lowest BCUT2D eigenvalue weighted by Gasteiger charge is -2.22. The van der Waals surface area contributed by atoms with Gasteiger partial charge in [0.1, 0.15) is 0 Å². The van der Waals surface area contributed by atoms with E-state index in [2.05, 4.69) is 25.8 Å². The van der Waals surface area contributed by atoms with Gasteiger partial charge >= 0.3 is 0 Å². The lowest BCUT2D eigenvalue weighted by atomic mass is 9.85. The summed E-state index contributed by atoms with van der Waals surface area (Å²) in [5.74, 6) is 0. The first kappa shape index (κ1) is 9.53. The Balaban J connectivity index is 3.31. The highest BCUT2D eigenvalue weighted by molar-refractivity contribution is 6.31. The van der Waals surface area contributed by atoms with Crippen LogP contribution in [-0.2, 0) is 5.41 Å². The van der Waals surface area contributed by atoms with Gasteiger partial charge in [-0.2, -0.15) is 0 Å². The SMILES string of the molecule is Cc1cncc(Cl)c1C(C)(C)C. The molecule has 1 rings (SSSR count). The molecule has 0 aliphatic carbocycles. The average Bonchev–Trinajstić information content (AvgIpc) is 1.82. The Bertz CT molecular complexity index is 266. The minimum Gasteiger partial charge on any atom is -0.263 e. The van der Waals surface area contributed by atoms with Crippen molar-refractivity contribution in [1.29, 1.82) is 0 Å². The third-order valence-corrected chi connectivity index (χ3v) is 2.13. The normalized spacial score (nSPS) is 11.8. The molecule has 0 fully saturated rings. The molecule has 1 nitrogen and oxygen atoms in total. The first-order valence-corrected chi connectivity index (χ1v) is 4.41. The van der Waals surface area contributed by atoms with Gasteiger partial charge in [-0.05, 0) is 23.5 Å². The monoisotopic (exact) mass is 183 g/mol. The maximum atomic E-state index is 6.05. The molecule has 66 valence electrons. The van der Waals surface area contributed by atoms with Crippen LogP contribution in [-0.4, -0.2) is 4.98 Å². The van der Waals surface area contributed by atoms with Crippen LogP contribution in [0.3, 0.4) is 0 Å². The molecule has 12 heavy (non-hydrogen) atoms. The van der Waals surface area contributed by atoms with Crippen LogP contribution in [0.1, 0.15) is 31.9 Å². The Hall–Kier alpha value is -0.560. The van der Waals surface area contributed by atoms with Gasteiger partial charge in [0, 0.05) is 12.4 Å². The zero-order valence-electron chi connectivity index (χ0n) is 7.98. The Morgan fingerprint density at radius 1 is 1.25 bits per heavy atom. The minimum absolute atomic E-state index is 0.101. The van der Waals surface area contributed by atoms with Crippen LogP contribution in [0.5, 0.6) is 0 Å². The molecule has 0 spiro atoms. The second kappa shape index (κ2) is 3.06. The highest BCUT2D eigenvalue weighted by Gasteiger charge is 2.19. The van der Waals surface area contributed by atoms with Crippen molar-refractivity contribution in [2.45, 2.75) is 33.1 Å². The molecule has 0 aromatic carbocycles. The molecule has 0 bridgehead atoms. The summed E-state index contributed by atoms with van der Waals surface area (Å²) < 4.78 is 0. The molecule has 0 saturated carbocycles. The van der Waals surface area contributed by atoms with Gasteiger partial charge in [-0.3, -0.25) is 4.98 Å². The molecule has 0 unspecified atom stereocenters. The van der Waals surface area contributed by atoms with E-state index in [1.807, 2.05) is 13.1 Å². The maximum Gasteiger partial charge on any atom is 0.0629 e. The smallest absolute Gasteiger partial charge is 0.0629 e. The van der Waals surface area contributed by atoms with Crippen LogP contribution < -0.4 is 0 Å². The lowest BCUT2D eigenvalue weighted by molar-refractivity contribution is 0.585. The van der Waals surface area contributed by atoms with E-state index in [1.54, 1.807) is 6.20 Å². The van der Waals surface area contributed by atoms with Gasteiger partial charge in [0.05, 0.1) is 5.02 Å². The van der Waals surface area contributed by atoms with Crippen molar-refractivity contribution in [2.24, 2.45) is 0 Å². The maximum absolute atomic E-state index is 6.05. The van der Waals surface area contributed by atoms with Crippen LogP contribution >= 0.6 is 11.6 Å². The summed E-state index contributed by atoms with van der Waals surface area (Å²) >= 11 is 6.05. The number of halogens is 1. The van der Waals surface area contributed by atoms with Crippen LogP contribution in [0.15, 0.2) is 12.4 Å². The predicted octanol–water partition coefficient (Wildman–Crippen LogP) is 3.34. The number of nitrogens with zero attached hydrogens (tertiary/aromatic N) is 1. The summed E-state index contributed by atoms with van der Waals surface area (Å²) in [6, 6.07) is 0. The first-order chi connectivity index (χ1) is 5.43. The van der Waals surface area contributed by atoms with Crippen molar-refractivity contribution in [2.75, 3.05) is 0 Å². The van der Waals surface area contributed by atoms with Crippen LogP contribution in [0.4, 0.5) is 0 Å². The third-order valence-electron chi connectivity index (χ3n) is 1.84. The van der Waals surface area contributed by atoms with Crippen molar-refractivity contribution >= 4 is 11.6 Å². The van der Waals surface area contributed by atoms with Gasteiger partial charge in [0.15, 0.2) is 0 Å². The Morgan fingerprint density at radius 3 is 2.17 bits per heavy atom. The zero-order chi connectivity index (χ0) is 9.35. The largest absolute Gasteiger partial charge is 0.263 e. The molecule has 2 heteroatoms. The first-order valence-electron chi connectivity index (χ1n) is 4.03. The van der Waals surface area contributed by atoms with Gasteiger partial charge < -0.3 is 0 Å². The summed E-state index contributed by atoms with van der Waals surface area (Å²) in [7, 11) is 0. The van der Waals surface area contributed by atoms with E-state index in [0.29, 0.717) is 0 Å². The van der Waals surface area contributed by atoms with Gasteiger partial charge in [0.2, 0.25) is 0 Å². The highest BCUT2D eigenvalue weighted by Crippen LogP contribution is 2.30. The highest BCUT2D eigenvalue weighted by atomic mass is 35.5. The van der Waals surface area contributed by atoms with Gasteiger partial charge in [-0.1, -0.05) is 32.4 Å². The molecule has 0 aliphatic heterocycles. The molecule has 0 radical (unpaired) electrons. The molecular weight excluding hydrogens is 170 g/mol. The molecule has 0 atom stereocenters. The molecule has 0 N–H and O–H groups in total. The molecular formula is C10H14ClN. The fourth-order valence-corrected chi connectivity index (χ4v) is 1.97. The molecule has 0 saturated heterocycles. The van der Waals surface area contributed by atoms with E-state index in [4.69, 9.17) is 11.6 Å². The fraction of sp³-hybridized carbons (Fsp3) is 0.500. The van der Waals surface area contributed by atoms with E-state index < -0.39 is 0 Å². The fourth-order valence-electron chi connectivity index (χ4n) is 1.48. The number of rotatable bonds is 0.